The molecule has 0 aliphatic carbocycles. The van der Waals surface area contributed by atoms with Crippen molar-refractivity contribution in [2.75, 3.05) is 0 Å². The van der Waals surface area contributed by atoms with Crippen LogP contribution in [-0.4, -0.2) is 16.2 Å². The number of halogens is 2. The van der Waals surface area contributed by atoms with Crippen molar-refractivity contribution in [2.24, 2.45) is 5.90 Å². The first-order valence-electron chi connectivity index (χ1n) is 0.258. The Balaban J connectivity index is -0.000000000833. The van der Waals surface area contributed by atoms with Gasteiger partial charge in [0.1, 0.15) is 0 Å². The fraction of sp³-hybridized carbons (Fsp3) is 0. The van der Waals surface area contributed by atoms with E-state index in [1.165, 1.54) is 0 Å². The average molecular weight is 142 g/mol. The van der Waals surface area contributed by atoms with Gasteiger partial charge in [-0.2, -0.15) is 0 Å². The molecule has 0 aromatic carbocycles. The van der Waals surface area contributed by atoms with Crippen molar-refractivity contribution in [3.05, 3.63) is 0 Å². The fourth-order valence-electron chi connectivity index (χ4n) is 0. The molecule has 0 amide bonds. The van der Waals surface area contributed by atoms with Crippen LogP contribution in [0.1, 0.15) is 0 Å². The van der Waals surface area contributed by atoms with Crippen molar-refractivity contribution in [1.82, 2.24) is 0 Å². The van der Waals surface area contributed by atoms with Gasteiger partial charge in [0, 0.05) is 0 Å². The molecule has 0 heterocycles. The molecule has 4 nitrogen and oxygen atoms in total. The number of nitrogens with two attached hydrogens (primary N) is 1. The number of rotatable bonds is 0. The molecule has 46 valence electrons. The van der Waals surface area contributed by atoms with Crippen LogP contribution in [0.25, 0.3) is 0 Å². The van der Waals surface area contributed by atoms with Gasteiger partial charge in [0.2, 0.25) is 0 Å². The Hall–Kier alpha value is 0.420. The lowest BCUT2D eigenvalue weighted by Crippen LogP contribution is -1.72. The molecule has 0 unspecified atom stereocenters. The minimum Gasteiger partial charge on any atom is -0.412 e. The normalized spacial score (nSPS) is 1.00. The maximum atomic E-state index is 6.50. The lowest BCUT2D eigenvalue weighted by atomic mass is 13.6. The van der Waals surface area contributed by atoms with E-state index >= 15 is 0 Å². The summed E-state index contributed by atoms with van der Waals surface area (Å²) in [6.45, 7) is 0. The summed E-state index contributed by atoms with van der Waals surface area (Å²) >= 11 is 0. The van der Waals surface area contributed by atoms with Gasteiger partial charge < -0.3 is 16.2 Å². The van der Waals surface area contributed by atoms with E-state index in [1.807, 2.05) is 0 Å². The molecule has 0 aliphatic heterocycles. The minimum absolute atomic E-state index is 0. The van der Waals surface area contributed by atoms with Gasteiger partial charge in [0.05, 0.1) is 0 Å². The second kappa shape index (κ2) is 600. The van der Waals surface area contributed by atoms with E-state index in [1.54, 1.807) is 0 Å². The first-order chi connectivity index (χ1) is 1.00. The second-order valence-corrected chi connectivity index (χ2v) is 0. The zero-order valence-corrected chi connectivity index (χ0v) is 4.47. The smallest absolute Gasteiger partial charge is 0.147 e. The van der Waals surface area contributed by atoms with Gasteiger partial charge in [-0.15, -0.1) is 24.8 Å². The molecule has 6 heavy (non-hydrogen) atoms. The van der Waals surface area contributed by atoms with Crippen LogP contribution in [0.4, 0.5) is 0 Å². The summed E-state index contributed by atoms with van der Waals surface area (Å²) in [5.74, 6) is 3.50. The predicted octanol–water partition coefficient (Wildman–Crippen LogP) is -1.47. The zero-order chi connectivity index (χ0) is 2.00. The Kier molecular flexibility index (Phi) is 9360. The Morgan fingerprint density at radius 2 is 0.833 bits per heavy atom. The largest absolute Gasteiger partial charge is 0.412 e. The van der Waals surface area contributed by atoms with E-state index in [0.717, 1.165) is 0 Å². The first kappa shape index (κ1) is 93.5. The molecule has 0 aromatic heterocycles. The molecule has 0 bridgehead atoms. The monoisotopic (exact) mass is 141 g/mol. The van der Waals surface area contributed by atoms with E-state index in [2.05, 4.69) is 5.90 Å². The molecule has 0 aromatic rings. The highest BCUT2D eigenvalue weighted by atomic mass is 35.5. The second-order valence-electron chi connectivity index (χ2n) is 0. The average Bonchev–Trinajstić information content (AvgIpc) is 1.00. The molecule has 0 saturated heterocycles. The van der Waals surface area contributed by atoms with Crippen molar-refractivity contribution < 1.29 is 16.2 Å². The van der Waals surface area contributed by atoms with Crippen molar-refractivity contribution >= 4 is 24.8 Å². The maximum Gasteiger partial charge on any atom is -0.147 e. The van der Waals surface area contributed by atoms with Crippen LogP contribution in [0.15, 0.2) is 0 Å². The Labute approximate surface area is 47.7 Å². The summed E-state index contributed by atoms with van der Waals surface area (Å²) in [6, 6.07) is 0. The Morgan fingerprint density at radius 1 is 0.833 bits per heavy atom. The lowest BCUT2D eigenvalue weighted by Gasteiger charge is -1.27. The standard InChI is InChI=1S/2ClH.H3NO.2H2O/c;;1-2;;/h2*1H;2H,1H2;2*1H2. The van der Waals surface area contributed by atoms with E-state index in [4.69, 9.17) is 5.21 Å². The lowest BCUT2D eigenvalue weighted by molar-refractivity contribution is 0.311. The maximum absolute atomic E-state index is 6.50. The van der Waals surface area contributed by atoms with Crippen molar-refractivity contribution in [3.8, 4) is 0 Å². The highest BCUT2D eigenvalue weighted by Gasteiger charge is 0.732. The van der Waals surface area contributed by atoms with Crippen LogP contribution >= 0.6 is 24.8 Å². The molecule has 6 heteroatoms. The highest BCUT2D eigenvalue weighted by molar-refractivity contribution is 5.85. The molecular weight excluding hydrogens is 133 g/mol. The molecule has 0 aliphatic rings. The molecule has 0 radical (unpaired) electrons. The zero-order valence-electron chi connectivity index (χ0n) is 2.84. The topological polar surface area (TPSA) is 109 Å². The van der Waals surface area contributed by atoms with Crippen LogP contribution in [0.3, 0.4) is 0 Å². The van der Waals surface area contributed by atoms with Crippen LogP contribution in [0.5, 0.6) is 0 Å². The molecule has 0 saturated carbocycles. The van der Waals surface area contributed by atoms with Crippen LogP contribution < -0.4 is 5.90 Å². The van der Waals surface area contributed by atoms with Gasteiger partial charge >= 0.3 is 0 Å². The van der Waals surface area contributed by atoms with Gasteiger partial charge in [0.25, 0.3) is 0 Å². The summed E-state index contributed by atoms with van der Waals surface area (Å²) in [6.07, 6.45) is 0. The summed E-state index contributed by atoms with van der Waals surface area (Å²) < 4.78 is 0. The fourth-order valence-corrected chi connectivity index (χ4v) is 0. The summed E-state index contributed by atoms with van der Waals surface area (Å²) in [5.41, 5.74) is 0. The van der Waals surface area contributed by atoms with Crippen molar-refractivity contribution in [3.63, 3.8) is 0 Å². The van der Waals surface area contributed by atoms with Crippen LogP contribution in [-0.2, 0) is 0 Å². The van der Waals surface area contributed by atoms with Crippen molar-refractivity contribution in [1.29, 1.82) is 0 Å². The van der Waals surface area contributed by atoms with Gasteiger partial charge in [-0.1, -0.05) is 0 Å². The Morgan fingerprint density at radius 3 is 0.833 bits per heavy atom. The van der Waals surface area contributed by atoms with E-state index in [9.17, 15) is 0 Å². The van der Waals surface area contributed by atoms with E-state index < -0.39 is 0 Å². The third-order valence-electron chi connectivity index (χ3n) is 0. The van der Waals surface area contributed by atoms with Crippen LogP contribution in [0, 0.1) is 0 Å². The molecular formula is H9Cl2NO3. The quantitative estimate of drug-likeness (QED) is 0.402. The Bertz CT molecular complexity index is 8.75. The van der Waals surface area contributed by atoms with Gasteiger partial charge in [-0.3, -0.25) is 0 Å². The van der Waals surface area contributed by atoms with Crippen molar-refractivity contribution in [2.45, 2.75) is 0 Å². The summed E-state index contributed by atoms with van der Waals surface area (Å²) in [4.78, 5) is 0. The van der Waals surface area contributed by atoms with Gasteiger partial charge in [-0.05, 0) is 0 Å². The van der Waals surface area contributed by atoms with E-state index in [-0.39, 0.29) is 35.8 Å². The number of hydrogen-bond donors (Lipinski definition) is 2. The molecule has 0 spiro atoms. The third-order valence-corrected chi connectivity index (χ3v) is 0. The molecule has 7 N–H and O–H groups in total. The molecule has 0 atom stereocenters. The molecule has 0 rings (SSSR count). The van der Waals surface area contributed by atoms with E-state index in [0.29, 0.717) is 0 Å². The SMILES string of the molecule is Cl.Cl.NO.O.O. The van der Waals surface area contributed by atoms with Gasteiger partial charge in [0.15, 0.2) is 0 Å². The third kappa shape index (κ3) is 293. The highest BCUT2D eigenvalue weighted by Crippen LogP contribution is 0.691. The van der Waals surface area contributed by atoms with Gasteiger partial charge in [-0.25, -0.2) is 5.90 Å². The summed E-state index contributed by atoms with van der Waals surface area (Å²) in [5, 5.41) is 6.50. The number of hydrogen-bond acceptors (Lipinski definition) is 2. The van der Waals surface area contributed by atoms with Crippen LogP contribution in [0.2, 0.25) is 0 Å². The summed E-state index contributed by atoms with van der Waals surface area (Å²) in [7, 11) is 0. The predicted molar refractivity (Wildman–Crippen MR) is 27.7 cm³/mol. The first-order valence-corrected chi connectivity index (χ1v) is 0.258. The minimum atomic E-state index is 0. The molecule has 0 fully saturated rings.